The molecule has 0 heterocycles. The molecule has 0 aliphatic heterocycles. The van der Waals surface area contributed by atoms with Crippen LogP contribution in [-0.2, 0) is 0 Å². The average Bonchev–Trinajstić information content (AvgIpc) is 2.15. The molecule has 76 valence electrons. The molecule has 0 saturated heterocycles. The van der Waals surface area contributed by atoms with Gasteiger partial charge in [-0.15, -0.1) is 0 Å². The Balaban J connectivity index is 3.12. The monoisotopic (exact) mass is 191 g/mol. The predicted octanol–water partition coefficient (Wildman–Crippen LogP) is 1.60. The minimum atomic E-state index is 0.766. The first-order chi connectivity index (χ1) is 6.66. The number of rotatable bonds is 2. The molecule has 1 rings (SSSR count). The van der Waals surface area contributed by atoms with Gasteiger partial charge in [0.15, 0.2) is 0 Å². The van der Waals surface area contributed by atoms with E-state index in [1.165, 1.54) is 0 Å². The number of benzene rings is 1. The van der Waals surface area contributed by atoms with Crippen LogP contribution in [0, 0.1) is 0 Å². The van der Waals surface area contributed by atoms with Gasteiger partial charge in [0.2, 0.25) is 0 Å². The second-order valence-corrected chi connectivity index (χ2v) is 3.28. The van der Waals surface area contributed by atoms with E-state index in [1.54, 1.807) is 0 Å². The third kappa shape index (κ3) is 2.25. The van der Waals surface area contributed by atoms with Crippen LogP contribution in [0.4, 0.5) is 5.69 Å². The maximum absolute atomic E-state index is 5.88. The highest BCUT2D eigenvalue weighted by Crippen LogP contribution is 2.12. The van der Waals surface area contributed by atoms with Gasteiger partial charge in [-0.25, -0.2) is 0 Å². The number of nitrogen functional groups attached to an aromatic ring is 1. The van der Waals surface area contributed by atoms with E-state index in [0.29, 0.717) is 0 Å². The lowest BCUT2D eigenvalue weighted by Gasteiger charge is -2.17. The molecule has 3 heteroatoms. The van der Waals surface area contributed by atoms with E-state index < -0.39 is 0 Å². The molecule has 0 aliphatic rings. The van der Waals surface area contributed by atoms with E-state index in [2.05, 4.69) is 4.99 Å². The summed E-state index contributed by atoms with van der Waals surface area (Å²) in [5, 5.41) is 0. The van der Waals surface area contributed by atoms with E-state index in [1.807, 2.05) is 50.2 Å². The summed E-state index contributed by atoms with van der Waals surface area (Å²) in [6, 6.07) is 7.78. The maximum Gasteiger partial charge on any atom is 0.132 e. The van der Waals surface area contributed by atoms with Gasteiger partial charge in [-0.3, -0.25) is 4.99 Å². The molecule has 0 bridgehead atoms. The van der Waals surface area contributed by atoms with Gasteiger partial charge in [-0.1, -0.05) is 12.1 Å². The number of anilines is 1. The first-order valence-corrected chi connectivity index (χ1v) is 4.73. The van der Waals surface area contributed by atoms with Gasteiger partial charge in [-0.05, 0) is 19.1 Å². The Morgan fingerprint density at radius 2 is 2.00 bits per heavy atom. The number of nitrogens with zero attached hydrogens (tertiary/aromatic N) is 2. The lowest BCUT2D eigenvalue weighted by Crippen LogP contribution is -2.24. The van der Waals surface area contributed by atoms with Crippen molar-refractivity contribution >= 4 is 11.5 Å². The molecule has 0 fully saturated rings. The van der Waals surface area contributed by atoms with Crippen molar-refractivity contribution in [2.24, 2.45) is 4.99 Å². The van der Waals surface area contributed by atoms with Gasteiger partial charge < -0.3 is 10.6 Å². The minimum absolute atomic E-state index is 0.766. The SMILES string of the molecule is CCN=C(c1ccccc1N)N(C)C. The zero-order valence-electron chi connectivity index (χ0n) is 8.99. The van der Waals surface area contributed by atoms with Gasteiger partial charge in [0.05, 0.1) is 0 Å². The largest absolute Gasteiger partial charge is 0.398 e. The molecule has 1 aromatic carbocycles. The van der Waals surface area contributed by atoms with E-state index in [9.17, 15) is 0 Å². The summed E-state index contributed by atoms with van der Waals surface area (Å²) in [6.07, 6.45) is 0. The van der Waals surface area contributed by atoms with Crippen LogP contribution in [0.1, 0.15) is 12.5 Å². The number of hydrogen-bond acceptors (Lipinski definition) is 2. The minimum Gasteiger partial charge on any atom is -0.398 e. The summed E-state index contributed by atoms with van der Waals surface area (Å²) in [4.78, 5) is 6.40. The van der Waals surface area contributed by atoms with Crippen molar-refractivity contribution in [2.45, 2.75) is 6.92 Å². The van der Waals surface area contributed by atoms with Gasteiger partial charge in [0.25, 0.3) is 0 Å². The van der Waals surface area contributed by atoms with Crippen molar-refractivity contribution in [2.75, 3.05) is 26.4 Å². The molecule has 0 aromatic heterocycles. The predicted molar refractivity (Wildman–Crippen MR) is 61.6 cm³/mol. The third-order valence-electron chi connectivity index (χ3n) is 1.93. The highest BCUT2D eigenvalue weighted by molar-refractivity contribution is 6.02. The van der Waals surface area contributed by atoms with E-state index in [-0.39, 0.29) is 0 Å². The number of para-hydroxylation sites is 1. The Bertz CT molecular complexity index is 329. The first-order valence-electron chi connectivity index (χ1n) is 4.73. The molecular weight excluding hydrogens is 174 g/mol. The Hall–Kier alpha value is -1.51. The molecule has 0 saturated carbocycles. The zero-order valence-corrected chi connectivity index (χ0v) is 8.99. The van der Waals surface area contributed by atoms with Crippen LogP contribution in [-0.4, -0.2) is 31.4 Å². The number of hydrogen-bond donors (Lipinski definition) is 1. The molecular formula is C11H17N3. The molecule has 0 unspecified atom stereocenters. The van der Waals surface area contributed by atoms with Crippen molar-refractivity contribution in [3.8, 4) is 0 Å². The van der Waals surface area contributed by atoms with E-state index >= 15 is 0 Å². The Morgan fingerprint density at radius 3 is 2.50 bits per heavy atom. The molecule has 3 nitrogen and oxygen atoms in total. The van der Waals surface area contributed by atoms with Crippen molar-refractivity contribution in [1.82, 2.24) is 4.90 Å². The van der Waals surface area contributed by atoms with Gasteiger partial charge in [0, 0.05) is 31.9 Å². The van der Waals surface area contributed by atoms with Gasteiger partial charge in [-0.2, -0.15) is 0 Å². The Labute approximate surface area is 85.3 Å². The van der Waals surface area contributed by atoms with Crippen molar-refractivity contribution in [1.29, 1.82) is 0 Å². The van der Waals surface area contributed by atoms with Crippen LogP contribution < -0.4 is 5.73 Å². The van der Waals surface area contributed by atoms with Crippen molar-refractivity contribution < 1.29 is 0 Å². The fourth-order valence-corrected chi connectivity index (χ4v) is 1.32. The quantitative estimate of drug-likeness (QED) is 0.438. The van der Waals surface area contributed by atoms with E-state index in [0.717, 1.165) is 23.6 Å². The van der Waals surface area contributed by atoms with Gasteiger partial charge in [0.1, 0.15) is 5.84 Å². The molecule has 0 radical (unpaired) electrons. The smallest absolute Gasteiger partial charge is 0.132 e. The standard InChI is InChI=1S/C11H17N3/c1-4-13-11(14(2)3)9-7-5-6-8-10(9)12/h5-8H,4,12H2,1-3H3. The average molecular weight is 191 g/mol. The van der Waals surface area contributed by atoms with Crippen LogP contribution >= 0.6 is 0 Å². The molecule has 14 heavy (non-hydrogen) atoms. The van der Waals surface area contributed by atoms with E-state index in [4.69, 9.17) is 5.73 Å². The summed E-state index contributed by atoms with van der Waals surface area (Å²) in [5.74, 6) is 0.936. The van der Waals surface area contributed by atoms with Crippen LogP contribution in [0.15, 0.2) is 29.3 Å². The first kappa shape index (κ1) is 10.6. The number of aliphatic imine (C=N–C) groups is 1. The summed E-state index contributed by atoms with van der Waals surface area (Å²) in [5.41, 5.74) is 7.65. The third-order valence-corrected chi connectivity index (χ3v) is 1.93. The highest BCUT2D eigenvalue weighted by atomic mass is 15.1. The Morgan fingerprint density at radius 1 is 1.36 bits per heavy atom. The second-order valence-electron chi connectivity index (χ2n) is 3.28. The number of amidine groups is 1. The second kappa shape index (κ2) is 4.65. The molecule has 0 amide bonds. The molecule has 1 aromatic rings. The lowest BCUT2D eigenvalue weighted by molar-refractivity contribution is 0.620. The summed E-state index contributed by atoms with van der Waals surface area (Å²) in [6.45, 7) is 2.78. The molecule has 0 atom stereocenters. The summed E-state index contributed by atoms with van der Waals surface area (Å²) >= 11 is 0. The highest BCUT2D eigenvalue weighted by Gasteiger charge is 2.07. The van der Waals surface area contributed by atoms with Crippen LogP contribution in [0.5, 0.6) is 0 Å². The normalized spacial score (nSPS) is 11.5. The molecule has 0 aliphatic carbocycles. The van der Waals surface area contributed by atoms with Crippen LogP contribution in [0.2, 0.25) is 0 Å². The van der Waals surface area contributed by atoms with Crippen LogP contribution in [0.3, 0.4) is 0 Å². The van der Waals surface area contributed by atoms with Crippen molar-refractivity contribution in [3.05, 3.63) is 29.8 Å². The van der Waals surface area contributed by atoms with Crippen molar-refractivity contribution in [3.63, 3.8) is 0 Å². The number of nitrogens with two attached hydrogens (primary N) is 1. The van der Waals surface area contributed by atoms with Gasteiger partial charge >= 0.3 is 0 Å². The summed E-state index contributed by atoms with van der Waals surface area (Å²) < 4.78 is 0. The fourth-order valence-electron chi connectivity index (χ4n) is 1.32. The molecule has 0 spiro atoms. The Kier molecular flexibility index (Phi) is 3.51. The maximum atomic E-state index is 5.88. The summed E-state index contributed by atoms with van der Waals surface area (Å²) in [7, 11) is 3.95. The fraction of sp³-hybridized carbons (Fsp3) is 0.364. The molecule has 2 N–H and O–H groups in total. The van der Waals surface area contributed by atoms with Crippen LogP contribution in [0.25, 0.3) is 0 Å². The zero-order chi connectivity index (χ0) is 10.6. The topological polar surface area (TPSA) is 41.6 Å². The lowest BCUT2D eigenvalue weighted by atomic mass is 10.1.